The van der Waals surface area contributed by atoms with E-state index in [0.29, 0.717) is 12.0 Å². The van der Waals surface area contributed by atoms with Crippen LogP contribution in [0, 0.1) is 12.8 Å². The molecule has 1 aliphatic carbocycles. The van der Waals surface area contributed by atoms with Crippen LogP contribution in [0.15, 0.2) is 16.5 Å². The van der Waals surface area contributed by atoms with Crippen LogP contribution < -0.4 is 0 Å². The average molecular weight is 291 g/mol. The maximum atomic E-state index is 11.7. The van der Waals surface area contributed by atoms with Gasteiger partial charge in [-0.05, 0) is 57.6 Å². The largest absolute Gasteiger partial charge is 0.480 e. The van der Waals surface area contributed by atoms with Crippen LogP contribution in [-0.4, -0.2) is 28.1 Å². The fourth-order valence-electron chi connectivity index (χ4n) is 4.30. The Balaban J connectivity index is 1.90. The van der Waals surface area contributed by atoms with Gasteiger partial charge >= 0.3 is 5.97 Å². The molecule has 0 aromatic carbocycles. The van der Waals surface area contributed by atoms with Gasteiger partial charge in [-0.3, -0.25) is 9.69 Å². The second kappa shape index (κ2) is 5.84. The van der Waals surface area contributed by atoms with Gasteiger partial charge in [0, 0.05) is 6.04 Å². The molecule has 2 aliphatic rings. The highest BCUT2D eigenvalue weighted by Crippen LogP contribution is 2.42. The number of hydrogen-bond donors (Lipinski definition) is 1. The number of furan rings is 1. The van der Waals surface area contributed by atoms with Crippen molar-refractivity contribution < 1.29 is 14.3 Å². The maximum Gasteiger partial charge on any atom is 0.320 e. The Morgan fingerprint density at radius 1 is 1.29 bits per heavy atom. The molecule has 21 heavy (non-hydrogen) atoms. The first kappa shape index (κ1) is 14.6. The van der Waals surface area contributed by atoms with Crippen molar-refractivity contribution in [1.82, 2.24) is 4.90 Å². The highest BCUT2D eigenvalue weighted by atomic mass is 16.4. The third-order valence-electron chi connectivity index (χ3n) is 5.33. The summed E-state index contributed by atoms with van der Waals surface area (Å²) in [4.78, 5) is 13.9. The number of hydrogen-bond acceptors (Lipinski definition) is 3. The fraction of sp³-hybridized carbons (Fsp3) is 0.706. The van der Waals surface area contributed by atoms with E-state index >= 15 is 0 Å². The number of carbonyl (C=O) groups is 1. The maximum absolute atomic E-state index is 11.7. The third-order valence-corrected chi connectivity index (χ3v) is 5.33. The molecule has 1 aliphatic heterocycles. The predicted octanol–water partition coefficient (Wildman–Crippen LogP) is 3.76. The molecule has 4 heteroatoms. The summed E-state index contributed by atoms with van der Waals surface area (Å²) in [5.74, 6) is 1.76. The minimum atomic E-state index is -0.686. The summed E-state index contributed by atoms with van der Waals surface area (Å²) in [7, 11) is 0. The predicted molar refractivity (Wildman–Crippen MR) is 80.1 cm³/mol. The molecule has 2 fully saturated rings. The Labute approximate surface area is 126 Å². The van der Waals surface area contributed by atoms with Gasteiger partial charge in [-0.25, -0.2) is 0 Å². The first-order valence-electron chi connectivity index (χ1n) is 8.14. The van der Waals surface area contributed by atoms with E-state index in [2.05, 4.69) is 11.8 Å². The molecule has 4 nitrogen and oxygen atoms in total. The molecule has 3 rings (SSSR count). The van der Waals surface area contributed by atoms with Crippen LogP contribution in [0.4, 0.5) is 0 Å². The van der Waals surface area contributed by atoms with E-state index in [1.54, 1.807) is 0 Å². The van der Waals surface area contributed by atoms with Crippen LogP contribution in [0.1, 0.15) is 63.0 Å². The summed E-state index contributed by atoms with van der Waals surface area (Å²) >= 11 is 0. The van der Waals surface area contributed by atoms with E-state index in [-0.39, 0.29) is 12.1 Å². The molecule has 1 N–H and O–H groups in total. The Bertz CT molecular complexity index is 510. The summed E-state index contributed by atoms with van der Waals surface area (Å²) in [6, 6.07) is 4.01. The van der Waals surface area contributed by atoms with Crippen molar-refractivity contribution in [3.05, 3.63) is 23.7 Å². The monoisotopic (exact) mass is 291 g/mol. The van der Waals surface area contributed by atoms with Crippen molar-refractivity contribution in [1.29, 1.82) is 0 Å². The van der Waals surface area contributed by atoms with Gasteiger partial charge in [0.05, 0.1) is 6.04 Å². The second-order valence-electron chi connectivity index (χ2n) is 6.61. The molecule has 4 atom stereocenters. The van der Waals surface area contributed by atoms with Crippen molar-refractivity contribution in [2.45, 2.75) is 70.5 Å². The highest BCUT2D eigenvalue weighted by molar-refractivity contribution is 5.73. The van der Waals surface area contributed by atoms with Gasteiger partial charge in [0.25, 0.3) is 0 Å². The molecule has 0 amide bonds. The summed E-state index contributed by atoms with van der Waals surface area (Å²) < 4.78 is 5.77. The van der Waals surface area contributed by atoms with Crippen LogP contribution in [0.2, 0.25) is 0 Å². The van der Waals surface area contributed by atoms with Gasteiger partial charge in [-0.15, -0.1) is 0 Å². The fourth-order valence-corrected chi connectivity index (χ4v) is 4.30. The van der Waals surface area contributed by atoms with Gasteiger partial charge in [0.15, 0.2) is 0 Å². The minimum absolute atomic E-state index is 0.0331. The Hall–Kier alpha value is -1.29. The zero-order valence-corrected chi connectivity index (χ0v) is 12.9. The summed E-state index contributed by atoms with van der Waals surface area (Å²) in [5.41, 5.74) is 0. The number of aryl methyl sites for hydroxylation is 1. The van der Waals surface area contributed by atoms with Crippen LogP contribution >= 0.6 is 0 Å². The normalized spacial score (nSPS) is 31.6. The molecule has 1 aromatic heterocycles. The third kappa shape index (κ3) is 2.73. The van der Waals surface area contributed by atoms with E-state index in [1.807, 2.05) is 19.1 Å². The molecule has 1 saturated heterocycles. The first-order valence-corrected chi connectivity index (χ1v) is 8.14. The van der Waals surface area contributed by atoms with Crippen LogP contribution in [0.5, 0.6) is 0 Å². The van der Waals surface area contributed by atoms with E-state index in [4.69, 9.17) is 4.42 Å². The second-order valence-corrected chi connectivity index (χ2v) is 6.61. The van der Waals surface area contributed by atoms with E-state index in [1.165, 1.54) is 19.3 Å². The molecule has 116 valence electrons. The van der Waals surface area contributed by atoms with Crippen molar-refractivity contribution in [3.63, 3.8) is 0 Å². The van der Waals surface area contributed by atoms with Crippen LogP contribution in [0.3, 0.4) is 0 Å². The van der Waals surface area contributed by atoms with Crippen LogP contribution in [0.25, 0.3) is 0 Å². The summed E-state index contributed by atoms with van der Waals surface area (Å²) in [6.45, 7) is 4.02. The smallest absolute Gasteiger partial charge is 0.320 e. The van der Waals surface area contributed by atoms with E-state index in [9.17, 15) is 9.90 Å². The van der Waals surface area contributed by atoms with Gasteiger partial charge in [0.2, 0.25) is 0 Å². The first-order chi connectivity index (χ1) is 10.1. The van der Waals surface area contributed by atoms with Gasteiger partial charge in [-0.1, -0.05) is 12.8 Å². The Morgan fingerprint density at radius 2 is 2.05 bits per heavy atom. The molecule has 0 spiro atoms. The van der Waals surface area contributed by atoms with E-state index < -0.39 is 5.97 Å². The molecule has 4 unspecified atom stereocenters. The van der Waals surface area contributed by atoms with Crippen molar-refractivity contribution in [3.8, 4) is 0 Å². The Morgan fingerprint density at radius 3 is 2.71 bits per heavy atom. The number of nitrogens with zero attached hydrogens (tertiary/aromatic N) is 1. The topological polar surface area (TPSA) is 53.7 Å². The number of rotatable bonds is 3. The van der Waals surface area contributed by atoms with Crippen molar-refractivity contribution in [2.75, 3.05) is 0 Å². The lowest BCUT2D eigenvalue weighted by molar-refractivity contribution is -0.150. The van der Waals surface area contributed by atoms with E-state index in [0.717, 1.165) is 30.8 Å². The molecule has 2 heterocycles. The zero-order valence-electron chi connectivity index (χ0n) is 12.9. The quantitative estimate of drug-likeness (QED) is 0.921. The lowest BCUT2D eigenvalue weighted by atomic mass is 9.75. The Kier molecular flexibility index (Phi) is 4.07. The molecule has 0 bridgehead atoms. The highest BCUT2D eigenvalue weighted by Gasteiger charge is 2.44. The minimum Gasteiger partial charge on any atom is -0.480 e. The lowest BCUT2D eigenvalue weighted by Gasteiger charge is -2.49. The molecule has 1 saturated carbocycles. The SMILES string of the molecule is Cc1ccc(C(C)N2C(C(=O)O)CCC3CCCCC32)o1. The number of likely N-dealkylation sites (tertiary alicyclic amines) is 1. The number of fused-ring (bicyclic) bond motifs is 1. The molecular weight excluding hydrogens is 266 g/mol. The molecular formula is C17H25NO3. The van der Waals surface area contributed by atoms with Crippen LogP contribution in [-0.2, 0) is 4.79 Å². The zero-order chi connectivity index (χ0) is 15.0. The lowest BCUT2D eigenvalue weighted by Crippen LogP contribution is -2.55. The molecule has 1 aromatic rings. The van der Waals surface area contributed by atoms with Gasteiger partial charge in [-0.2, -0.15) is 0 Å². The van der Waals surface area contributed by atoms with Gasteiger partial charge < -0.3 is 9.52 Å². The number of aliphatic carboxylic acids is 1. The van der Waals surface area contributed by atoms with Gasteiger partial charge in [0.1, 0.15) is 17.6 Å². The van der Waals surface area contributed by atoms with Crippen molar-refractivity contribution >= 4 is 5.97 Å². The number of piperidine rings is 1. The summed E-state index contributed by atoms with van der Waals surface area (Å²) in [6.07, 6.45) is 6.70. The molecule has 0 radical (unpaired) electrons. The number of carboxylic acid groups (broad SMARTS) is 1. The summed E-state index contributed by atoms with van der Waals surface area (Å²) in [5, 5.41) is 9.63. The number of carboxylic acids is 1. The standard InChI is InChI=1S/C17H25NO3/c1-11-7-10-16(21-11)12(2)18-14-6-4-3-5-13(14)8-9-15(18)17(19)20/h7,10,12-15H,3-6,8-9H2,1-2H3,(H,19,20). The van der Waals surface area contributed by atoms with Crippen molar-refractivity contribution in [2.24, 2.45) is 5.92 Å². The average Bonchev–Trinajstić information content (AvgIpc) is 2.91.